The highest BCUT2D eigenvalue weighted by Crippen LogP contribution is 2.29. The minimum absolute atomic E-state index is 0.0130. The Balaban J connectivity index is 2.60. The summed E-state index contributed by atoms with van der Waals surface area (Å²) in [6.45, 7) is 2.25. The monoisotopic (exact) mass is 255 g/mol. The summed E-state index contributed by atoms with van der Waals surface area (Å²) in [5.41, 5.74) is 0.473. The highest BCUT2D eigenvalue weighted by Gasteiger charge is 2.16. The van der Waals surface area contributed by atoms with Crippen LogP contribution in [0.4, 0.5) is 4.39 Å². The van der Waals surface area contributed by atoms with Crippen LogP contribution in [0, 0.1) is 5.82 Å². The lowest BCUT2D eigenvalue weighted by Crippen LogP contribution is -2.03. The average molecular weight is 256 g/mol. The lowest BCUT2D eigenvalue weighted by atomic mass is 10.2. The number of benzene rings is 1. The molecule has 1 N–H and O–H groups in total. The predicted octanol–water partition coefficient (Wildman–Crippen LogP) is 2.25. The minimum atomic E-state index is -0.500. The first kappa shape index (κ1) is 12.0. The molecule has 2 rings (SSSR count). The van der Waals surface area contributed by atoms with E-state index < -0.39 is 5.82 Å². The maximum atomic E-state index is 13.4. The van der Waals surface area contributed by atoms with E-state index in [0.717, 1.165) is 0 Å². The quantitative estimate of drug-likeness (QED) is 0.915. The van der Waals surface area contributed by atoms with Crippen molar-refractivity contribution in [2.45, 2.75) is 20.1 Å². The van der Waals surface area contributed by atoms with Gasteiger partial charge in [-0.3, -0.25) is 0 Å². The molecule has 1 aromatic heterocycles. The van der Waals surface area contributed by atoms with Crippen molar-refractivity contribution >= 4 is 11.6 Å². The smallest absolute Gasteiger partial charge is 0.165 e. The lowest BCUT2D eigenvalue weighted by molar-refractivity contribution is 0.265. The van der Waals surface area contributed by atoms with Crippen molar-refractivity contribution in [3.63, 3.8) is 0 Å². The molecule has 0 aliphatic rings. The summed E-state index contributed by atoms with van der Waals surface area (Å²) >= 11 is 5.89. The molecule has 0 amide bonds. The third kappa shape index (κ3) is 2.03. The van der Waals surface area contributed by atoms with E-state index in [1.165, 1.54) is 6.07 Å². The first-order valence-electron chi connectivity index (χ1n) is 5.16. The highest BCUT2D eigenvalue weighted by molar-refractivity contribution is 6.33. The molecule has 4 nitrogen and oxygen atoms in total. The van der Waals surface area contributed by atoms with Crippen LogP contribution in [0.5, 0.6) is 0 Å². The average Bonchev–Trinajstić information content (AvgIpc) is 2.75. The minimum Gasteiger partial charge on any atom is -0.388 e. The Morgan fingerprint density at radius 3 is 2.82 bits per heavy atom. The summed E-state index contributed by atoms with van der Waals surface area (Å²) < 4.78 is 15.0. The van der Waals surface area contributed by atoms with E-state index in [2.05, 4.69) is 10.2 Å². The second-order valence-electron chi connectivity index (χ2n) is 3.44. The van der Waals surface area contributed by atoms with Gasteiger partial charge in [-0.25, -0.2) is 4.39 Å². The Morgan fingerprint density at radius 1 is 1.41 bits per heavy atom. The first-order chi connectivity index (χ1) is 8.19. The van der Waals surface area contributed by atoms with Gasteiger partial charge in [0.05, 0.1) is 5.02 Å². The molecule has 0 unspecified atom stereocenters. The zero-order valence-corrected chi connectivity index (χ0v) is 9.95. The number of aromatic nitrogens is 3. The fraction of sp³-hybridized carbons (Fsp3) is 0.273. The Hall–Kier alpha value is -1.46. The van der Waals surface area contributed by atoms with E-state index >= 15 is 0 Å². The normalized spacial score (nSPS) is 10.8. The van der Waals surface area contributed by atoms with Gasteiger partial charge < -0.3 is 9.67 Å². The maximum Gasteiger partial charge on any atom is 0.165 e. The number of aliphatic hydroxyl groups excluding tert-OH is 1. The number of hydrogen-bond donors (Lipinski definition) is 1. The molecule has 0 fully saturated rings. The SMILES string of the molecule is CCn1c(CO)nnc1-c1cccc(F)c1Cl. The van der Waals surface area contributed by atoms with Crippen LogP contribution in [0.25, 0.3) is 11.4 Å². The lowest BCUT2D eigenvalue weighted by Gasteiger charge is -2.07. The van der Waals surface area contributed by atoms with Gasteiger partial charge >= 0.3 is 0 Å². The van der Waals surface area contributed by atoms with Crippen LogP contribution in [0.15, 0.2) is 18.2 Å². The van der Waals surface area contributed by atoms with Crippen molar-refractivity contribution in [2.75, 3.05) is 0 Å². The molecule has 2 aromatic rings. The van der Waals surface area contributed by atoms with Crippen LogP contribution < -0.4 is 0 Å². The molecular weight excluding hydrogens is 245 g/mol. The van der Waals surface area contributed by atoms with Crippen LogP contribution in [0.2, 0.25) is 5.02 Å². The third-order valence-electron chi connectivity index (χ3n) is 2.48. The zero-order valence-electron chi connectivity index (χ0n) is 9.19. The topological polar surface area (TPSA) is 50.9 Å². The molecule has 0 spiro atoms. The van der Waals surface area contributed by atoms with E-state index in [0.29, 0.717) is 23.8 Å². The molecule has 0 saturated carbocycles. The third-order valence-corrected chi connectivity index (χ3v) is 2.86. The van der Waals surface area contributed by atoms with Gasteiger partial charge in [0.25, 0.3) is 0 Å². The van der Waals surface area contributed by atoms with E-state index in [4.69, 9.17) is 16.7 Å². The molecule has 17 heavy (non-hydrogen) atoms. The van der Waals surface area contributed by atoms with Gasteiger partial charge in [-0.15, -0.1) is 10.2 Å². The summed E-state index contributed by atoms with van der Waals surface area (Å²) in [5.74, 6) is 0.393. The Labute approximate surface area is 103 Å². The summed E-state index contributed by atoms with van der Waals surface area (Å²) in [7, 11) is 0. The standard InChI is InChI=1S/C11H11ClFN3O/c1-2-16-9(6-17)14-15-11(16)7-4-3-5-8(13)10(7)12/h3-5,17H,2,6H2,1H3. The van der Waals surface area contributed by atoms with Crippen molar-refractivity contribution in [3.05, 3.63) is 34.9 Å². The van der Waals surface area contributed by atoms with Crippen molar-refractivity contribution in [1.82, 2.24) is 14.8 Å². The van der Waals surface area contributed by atoms with Crippen molar-refractivity contribution in [3.8, 4) is 11.4 Å². The summed E-state index contributed by atoms with van der Waals surface area (Å²) in [4.78, 5) is 0. The fourth-order valence-electron chi connectivity index (χ4n) is 1.66. The number of nitrogens with zero attached hydrogens (tertiary/aromatic N) is 3. The van der Waals surface area contributed by atoms with Crippen molar-refractivity contribution in [2.24, 2.45) is 0 Å². The Bertz CT molecular complexity index is 542. The van der Waals surface area contributed by atoms with Gasteiger partial charge in [0, 0.05) is 12.1 Å². The Kier molecular flexibility index (Phi) is 3.40. The summed E-state index contributed by atoms with van der Waals surface area (Å²) in [6.07, 6.45) is 0. The molecule has 1 aromatic carbocycles. The number of aliphatic hydroxyl groups is 1. The van der Waals surface area contributed by atoms with Gasteiger partial charge in [0.15, 0.2) is 11.6 Å². The van der Waals surface area contributed by atoms with Gasteiger partial charge in [-0.05, 0) is 19.1 Å². The zero-order chi connectivity index (χ0) is 12.4. The van der Waals surface area contributed by atoms with Crippen LogP contribution in [-0.4, -0.2) is 19.9 Å². The van der Waals surface area contributed by atoms with Gasteiger partial charge in [-0.1, -0.05) is 17.7 Å². The molecule has 6 heteroatoms. The molecule has 1 heterocycles. The van der Waals surface area contributed by atoms with Crippen molar-refractivity contribution < 1.29 is 9.50 Å². The van der Waals surface area contributed by atoms with Crippen molar-refractivity contribution in [1.29, 1.82) is 0 Å². The molecular formula is C11H11ClFN3O. The van der Waals surface area contributed by atoms with Gasteiger partial charge in [-0.2, -0.15) is 0 Å². The molecule has 0 bridgehead atoms. The van der Waals surface area contributed by atoms with Crippen LogP contribution in [0.1, 0.15) is 12.7 Å². The number of hydrogen-bond acceptors (Lipinski definition) is 3. The van der Waals surface area contributed by atoms with Crippen LogP contribution in [0.3, 0.4) is 0 Å². The van der Waals surface area contributed by atoms with Crippen LogP contribution in [-0.2, 0) is 13.2 Å². The van der Waals surface area contributed by atoms with E-state index in [1.54, 1.807) is 16.7 Å². The Morgan fingerprint density at radius 2 is 2.18 bits per heavy atom. The summed E-state index contributed by atoms with van der Waals surface area (Å²) in [5, 5.41) is 16.9. The summed E-state index contributed by atoms with van der Waals surface area (Å²) in [6, 6.07) is 4.51. The molecule has 0 atom stereocenters. The van der Waals surface area contributed by atoms with Crippen LogP contribution >= 0.6 is 11.6 Å². The van der Waals surface area contributed by atoms with Gasteiger partial charge in [0.1, 0.15) is 12.4 Å². The number of rotatable bonds is 3. The largest absolute Gasteiger partial charge is 0.388 e. The molecule has 0 aliphatic carbocycles. The van der Waals surface area contributed by atoms with E-state index in [1.807, 2.05) is 6.92 Å². The fourth-order valence-corrected chi connectivity index (χ4v) is 1.87. The molecule has 0 saturated heterocycles. The molecule has 0 radical (unpaired) electrons. The highest BCUT2D eigenvalue weighted by atomic mass is 35.5. The predicted molar refractivity (Wildman–Crippen MR) is 62.0 cm³/mol. The second kappa shape index (κ2) is 4.81. The second-order valence-corrected chi connectivity index (χ2v) is 3.82. The number of halogens is 2. The van der Waals surface area contributed by atoms with E-state index in [9.17, 15) is 4.39 Å². The molecule has 0 aliphatic heterocycles. The van der Waals surface area contributed by atoms with E-state index in [-0.39, 0.29) is 11.6 Å². The molecule has 90 valence electrons. The first-order valence-corrected chi connectivity index (χ1v) is 5.54. The maximum absolute atomic E-state index is 13.4. The van der Waals surface area contributed by atoms with Gasteiger partial charge in [0.2, 0.25) is 0 Å².